The second-order valence-electron chi connectivity index (χ2n) is 5.93. The maximum Gasteiger partial charge on any atom is 0.157 e. The van der Waals surface area contributed by atoms with Gasteiger partial charge in [0.1, 0.15) is 0 Å². The molecule has 0 spiro atoms. The molecule has 0 aromatic carbocycles. The van der Waals surface area contributed by atoms with Crippen molar-refractivity contribution in [2.24, 2.45) is 10.9 Å². The first-order chi connectivity index (χ1) is 8.71. The molecule has 1 heterocycles. The van der Waals surface area contributed by atoms with Crippen LogP contribution >= 0.6 is 11.8 Å². The number of aliphatic imine (C=N–C) groups is 1. The molecule has 1 saturated heterocycles. The van der Waals surface area contributed by atoms with Gasteiger partial charge in [0.15, 0.2) is 5.17 Å². The van der Waals surface area contributed by atoms with Crippen molar-refractivity contribution in [2.45, 2.75) is 77.3 Å². The minimum absolute atomic E-state index is 0.322. The van der Waals surface area contributed by atoms with Crippen LogP contribution in [0.1, 0.15) is 65.7 Å². The zero-order chi connectivity index (χ0) is 13.0. The van der Waals surface area contributed by atoms with Gasteiger partial charge in [0, 0.05) is 11.3 Å². The van der Waals surface area contributed by atoms with Crippen molar-refractivity contribution in [3.63, 3.8) is 0 Å². The van der Waals surface area contributed by atoms with Gasteiger partial charge in [0.25, 0.3) is 0 Å². The van der Waals surface area contributed by atoms with Crippen LogP contribution in [0.4, 0.5) is 0 Å². The van der Waals surface area contributed by atoms with Gasteiger partial charge in [-0.3, -0.25) is 4.99 Å². The molecule has 18 heavy (non-hydrogen) atoms. The van der Waals surface area contributed by atoms with E-state index in [1.54, 1.807) is 0 Å². The van der Waals surface area contributed by atoms with Crippen LogP contribution in [0.25, 0.3) is 0 Å². The lowest BCUT2D eigenvalue weighted by atomic mass is 9.84. The van der Waals surface area contributed by atoms with Gasteiger partial charge < -0.3 is 5.32 Å². The van der Waals surface area contributed by atoms with Gasteiger partial charge in [-0.05, 0) is 31.6 Å². The van der Waals surface area contributed by atoms with Crippen molar-refractivity contribution in [2.75, 3.05) is 5.75 Å². The lowest BCUT2D eigenvalue weighted by molar-refractivity contribution is 0.315. The molecule has 1 saturated carbocycles. The molecule has 2 fully saturated rings. The smallest absolute Gasteiger partial charge is 0.157 e. The standard InChI is InChI=1S/C15H28N2S/c1-4-12-8-7-9-13(10-12)16-14-17-15(5-2,6-3)11-18-14/h12-13H,4-11H2,1-3H3,(H,16,17). The Hall–Kier alpha value is -0.180. The van der Waals surface area contributed by atoms with Crippen molar-refractivity contribution < 1.29 is 0 Å². The number of thioether (sulfide) groups is 1. The Kier molecular flexibility index (Phi) is 4.99. The normalized spacial score (nSPS) is 33.6. The summed E-state index contributed by atoms with van der Waals surface area (Å²) >= 11 is 1.94. The second kappa shape index (κ2) is 6.31. The van der Waals surface area contributed by atoms with E-state index in [4.69, 9.17) is 4.99 Å². The minimum Gasteiger partial charge on any atom is -0.359 e. The predicted octanol–water partition coefficient (Wildman–Crippen LogP) is 4.21. The zero-order valence-corrected chi connectivity index (χ0v) is 13.0. The quantitative estimate of drug-likeness (QED) is 0.826. The molecule has 2 atom stereocenters. The van der Waals surface area contributed by atoms with Crippen LogP contribution in [0.5, 0.6) is 0 Å². The molecule has 1 aliphatic heterocycles. The molecule has 0 radical (unpaired) electrons. The maximum atomic E-state index is 4.99. The summed E-state index contributed by atoms with van der Waals surface area (Å²) in [5, 5.41) is 4.92. The summed E-state index contributed by atoms with van der Waals surface area (Å²) in [6.45, 7) is 6.89. The van der Waals surface area contributed by atoms with Gasteiger partial charge in [-0.25, -0.2) is 0 Å². The Morgan fingerprint density at radius 3 is 2.67 bits per heavy atom. The monoisotopic (exact) mass is 268 g/mol. The molecule has 1 N–H and O–H groups in total. The number of hydrogen-bond acceptors (Lipinski definition) is 2. The van der Waals surface area contributed by atoms with Gasteiger partial charge in [-0.15, -0.1) is 0 Å². The molecule has 2 rings (SSSR count). The van der Waals surface area contributed by atoms with Gasteiger partial charge >= 0.3 is 0 Å². The molecule has 3 heteroatoms. The van der Waals surface area contributed by atoms with Crippen LogP contribution in [-0.2, 0) is 0 Å². The summed E-state index contributed by atoms with van der Waals surface area (Å²) in [6.07, 6.45) is 9.15. The van der Waals surface area contributed by atoms with E-state index >= 15 is 0 Å². The van der Waals surface area contributed by atoms with Crippen LogP contribution in [0.2, 0.25) is 0 Å². The third-order valence-electron chi connectivity index (χ3n) is 4.84. The highest BCUT2D eigenvalue weighted by Gasteiger charge is 2.34. The average Bonchev–Trinajstić information content (AvgIpc) is 2.83. The van der Waals surface area contributed by atoms with E-state index in [2.05, 4.69) is 26.1 Å². The van der Waals surface area contributed by atoms with E-state index in [0.717, 1.165) is 5.92 Å². The third kappa shape index (κ3) is 3.23. The highest BCUT2D eigenvalue weighted by molar-refractivity contribution is 8.14. The molecule has 2 aliphatic rings. The van der Waals surface area contributed by atoms with E-state index in [1.165, 1.54) is 55.9 Å². The highest BCUT2D eigenvalue weighted by atomic mass is 32.2. The van der Waals surface area contributed by atoms with Crippen molar-refractivity contribution in [1.82, 2.24) is 5.32 Å². The predicted molar refractivity (Wildman–Crippen MR) is 82.4 cm³/mol. The van der Waals surface area contributed by atoms with E-state index in [0.29, 0.717) is 11.6 Å². The Bertz CT molecular complexity index is 297. The van der Waals surface area contributed by atoms with Crippen molar-refractivity contribution in [3.05, 3.63) is 0 Å². The van der Waals surface area contributed by atoms with Gasteiger partial charge in [0.2, 0.25) is 0 Å². The number of amidine groups is 1. The fourth-order valence-electron chi connectivity index (χ4n) is 3.12. The number of nitrogens with one attached hydrogen (secondary N) is 1. The van der Waals surface area contributed by atoms with E-state index in [1.807, 2.05) is 11.8 Å². The Labute approximate surface area is 116 Å². The summed E-state index contributed by atoms with van der Waals surface area (Å²) in [4.78, 5) is 4.99. The Morgan fingerprint density at radius 1 is 1.28 bits per heavy atom. The molecule has 0 amide bonds. The fraction of sp³-hybridized carbons (Fsp3) is 0.933. The molecular formula is C15H28N2S. The lowest BCUT2D eigenvalue weighted by Gasteiger charge is -2.27. The topological polar surface area (TPSA) is 24.4 Å². The SMILES string of the molecule is CCC1CCCC(N=C2NC(CC)(CC)CS2)C1. The fourth-order valence-corrected chi connectivity index (χ4v) is 4.53. The first-order valence-corrected chi connectivity index (χ1v) is 8.68. The minimum atomic E-state index is 0.322. The molecule has 0 bridgehead atoms. The largest absolute Gasteiger partial charge is 0.359 e. The van der Waals surface area contributed by atoms with E-state index in [-0.39, 0.29) is 0 Å². The highest BCUT2D eigenvalue weighted by Crippen LogP contribution is 2.32. The molecule has 0 aromatic heterocycles. The summed E-state index contributed by atoms with van der Waals surface area (Å²) in [5.74, 6) is 2.12. The van der Waals surface area contributed by atoms with Crippen molar-refractivity contribution >= 4 is 16.9 Å². The molecular weight excluding hydrogens is 240 g/mol. The molecule has 0 aromatic rings. The summed E-state index contributed by atoms with van der Waals surface area (Å²) in [7, 11) is 0. The Morgan fingerprint density at radius 2 is 2.06 bits per heavy atom. The summed E-state index contributed by atoms with van der Waals surface area (Å²) in [6, 6.07) is 0.586. The van der Waals surface area contributed by atoms with Gasteiger partial charge in [0.05, 0.1) is 6.04 Å². The third-order valence-corrected chi connectivity index (χ3v) is 6.02. The van der Waals surface area contributed by atoms with E-state index < -0.39 is 0 Å². The number of nitrogens with zero attached hydrogens (tertiary/aromatic N) is 1. The van der Waals surface area contributed by atoms with E-state index in [9.17, 15) is 0 Å². The molecule has 2 nitrogen and oxygen atoms in total. The van der Waals surface area contributed by atoms with Crippen LogP contribution in [0, 0.1) is 5.92 Å². The zero-order valence-electron chi connectivity index (χ0n) is 12.2. The summed E-state index contributed by atoms with van der Waals surface area (Å²) < 4.78 is 0. The van der Waals surface area contributed by atoms with Crippen LogP contribution in [0.15, 0.2) is 4.99 Å². The van der Waals surface area contributed by atoms with Crippen molar-refractivity contribution in [1.29, 1.82) is 0 Å². The van der Waals surface area contributed by atoms with Gasteiger partial charge in [-0.1, -0.05) is 51.8 Å². The number of hydrogen-bond donors (Lipinski definition) is 1. The molecule has 1 aliphatic carbocycles. The average molecular weight is 268 g/mol. The van der Waals surface area contributed by atoms with Crippen LogP contribution in [-0.4, -0.2) is 22.5 Å². The first kappa shape index (κ1) is 14.2. The molecule has 104 valence electrons. The Balaban J connectivity index is 1.94. The van der Waals surface area contributed by atoms with Crippen LogP contribution in [0.3, 0.4) is 0 Å². The maximum absolute atomic E-state index is 4.99. The molecule has 2 unspecified atom stereocenters. The lowest BCUT2D eigenvalue weighted by Crippen LogP contribution is -2.42. The van der Waals surface area contributed by atoms with Gasteiger partial charge in [-0.2, -0.15) is 0 Å². The summed E-state index contributed by atoms with van der Waals surface area (Å²) in [5.41, 5.74) is 0.322. The van der Waals surface area contributed by atoms with Crippen LogP contribution < -0.4 is 5.32 Å². The first-order valence-electron chi connectivity index (χ1n) is 7.70. The number of rotatable bonds is 4. The second-order valence-corrected chi connectivity index (χ2v) is 6.89. The van der Waals surface area contributed by atoms with Crippen molar-refractivity contribution in [3.8, 4) is 0 Å².